The summed E-state index contributed by atoms with van der Waals surface area (Å²) >= 11 is -1.87. The van der Waals surface area contributed by atoms with E-state index in [0.717, 1.165) is 62.4 Å². The molecular weight excluding hydrogens is 885 g/mol. The average molecular weight is 936 g/mol. The Morgan fingerprint density at radius 1 is 0.736 bits per heavy atom. The van der Waals surface area contributed by atoms with Gasteiger partial charge in [-0.05, 0) is 46.2 Å². The van der Waals surface area contributed by atoms with Crippen molar-refractivity contribution >= 4 is 39.6 Å². The van der Waals surface area contributed by atoms with Gasteiger partial charge in [-0.25, -0.2) is 0 Å². The Kier molecular flexibility index (Phi) is 12.2. The standard InChI is InChI=1S/C28H24NO.C20H26GeN.Ir/c1-28(2,3)18-19-13-14-29-25(15-19)22-10-12-24-23-11-9-21(20-7-5-4-6-8-20)16-26(23)30-27(24)17-22;1-21(2,3)19-15-22-20(17-11-5-4-6-12-17)14-18(19)13-16-9-7-8-10-16;/h4-9,11-17H,18H2,1-3H3;4-6,11,14-16H,7-10,13H2,1-3H3;/q2*-1;. The van der Waals surface area contributed by atoms with Crippen LogP contribution in [0.2, 0.25) is 17.3 Å². The minimum Gasteiger partial charge on any atom is 0 e. The molecule has 4 aromatic carbocycles. The Hall–Kier alpha value is -3.83. The van der Waals surface area contributed by atoms with Crippen LogP contribution < -0.4 is 4.40 Å². The second-order valence-electron chi connectivity index (χ2n) is 16.7. The molecule has 0 atom stereocenters. The van der Waals surface area contributed by atoms with Crippen LogP contribution in [0, 0.1) is 23.5 Å². The molecule has 1 fully saturated rings. The number of furan rings is 1. The Morgan fingerprint density at radius 2 is 1.47 bits per heavy atom. The van der Waals surface area contributed by atoms with Crippen LogP contribution in [0.25, 0.3) is 55.6 Å². The Bertz CT molecular complexity index is 2280. The number of nitrogens with zero attached hydrogens (tertiary/aromatic N) is 2. The van der Waals surface area contributed by atoms with Gasteiger partial charge in [-0.3, -0.25) is 0 Å². The monoisotopic (exact) mass is 937 g/mol. The van der Waals surface area contributed by atoms with Crippen molar-refractivity contribution < 1.29 is 24.5 Å². The van der Waals surface area contributed by atoms with Crippen LogP contribution in [0.5, 0.6) is 0 Å². The van der Waals surface area contributed by atoms with Crippen molar-refractivity contribution in [3.8, 4) is 33.6 Å². The predicted octanol–water partition coefficient (Wildman–Crippen LogP) is 12.5. The molecule has 0 saturated heterocycles. The van der Waals surface area contributed by atoms with Crippen molar-refractivity contribution in [1.82, 2.24) is 9.97 Å². The number of fused-ring (bicyclic) bond motifs is 3. The molecule has 8 rings (SSSR count). The molecule has 1 saturated carbocycles. The molecule has 53 heavy (non-hydrogen) atoms. The van der Waals surface area contributed by atoms with Crippen molar-refractivity contribution in [3.63, 3.8) is 0 Å². The maximum absolute atomic E-state index is 6.24. The Labute approximate surface area is 332 Å². The van der Waals surface area contributed by atoms with E-state index in [0.29, 0.717) is 0 Å². The molecule has 0 unspecified atom stereocenters. The Morgan fingerprint density at radius 3 is 2.19 bits per heavy atom. The summed E-state index contributed by atoms with van der Waals surface area (Å²) in [6, 6.07) is 42.4. The van der Waals surface area contributed by atoms with Crippen LogP contribution >= 0.6 is 0 Å². The summed E-state index contributed by atoms with van der Waals surface area (Å²) < 4.78 is 7.83. The minimum atomic E-state index is -1.87. The first kappa shape index (κ1) is 38.9. The van der Waals surface area contributed by atoms with Crippen LogP contribution in [-0.4, -0.2) is 23.2 Å². The van der Waals surface area contributed by atoms with Gasteiger partial charge in [-0.15, -0.1) is 17.7 Å². The molecule has 3 aromatic heterocycles. The second-order valence-corrected chi connectivity index (χ2v) is 27.3. The van der Waals surface area contributed by atoms with Crippen molar-refractivity contribution in [2.45, 2.75) is 76.6 Å². The topological polar surface area (TPSA) is 38.9 Å². The molecule has 0 amide bonds. The summed E-state index contributed by atoms with van der Waals surface area (Å²) in [7, 11) is 0. The van der Waals surface area contributed by atoms with E-state index >= 15 is 0 Å². The number of pyridine rings is 2. The van der Waals surface area contributed by atoms with Crippen LogP contribution in [-0.2, 0) is 32.9 Å². The normalized spacial score (nSPS) is 13.5. The number of rotatable bonds is 7. The zero-order valence-electron chi connectivity index (χ0n) is 31.9. The van der Waals surface area contributed by atoms with Crippen LogP contribution in [0.3, 0.4) is 0 Å². The molecule has 1 aliphatic rings. The van der Waals surface area contributed by atoms with E-state index in [-0.39, 0.29) is 25.5 Å². The van der Waals surface area contributed by atoms with Crippen LogP contribution in [0.1, 0.15) is 57.6 Å². The summed E-state index contributed by atoms with van der Waals surface area (Å²) in [6.07, 6.45) is 12.0. The molecule has 0 N–H and O–H groups in total. The van der Waals surface area contributed by atoms with Gasteiger partial charge in [0.25, 0.3) is 0 Å². The van der Waals surface area contributed by atoms with E-state index in [9.17, 15) is 0 Å². The zero-order chi connectivity index (χ0) is 36.3. The summed E-state index contributed by atoms with van der Waals surface area (Å²) in [6.45, 7) is 6.76. The molecule has 0 aliphatic heterocycles. The number of hydrogen-bond acceptors (Lipinski definition) is 3. The fraction of sp³-hybridized carbons (Fsp3) is 0.292. The first-order valence-electron chi connectivity index (χ1n) is 18.9. The average Bonchev–Trinajstić information content (AvgIpc) is 3.78. The van der Waals surface area contributed by atoms with Gasteiger partial charge < -0.3 is 9.40 Å². The van der Waals surface area contributed by atoms with Crippen molar-refractivity contribution in [2.24, 2.45) is 11.3 Å². The number of benzene rings is 4. The molecular formula is C48H50GeIrN2O-2. The van der Waals surface area contributed by atoms with E-state index in [1.165, 1.54) is 43.2 Å². The molecule has 0 spiro atoms. The maximum Gasteiger partial charge on any atom is 0 e. The number of hydrogen-bond donors (Lipinski definition) is 0. The smallest absolute Gasteiger partial charge is 0 e. The SMILES string of the molecule is CC(C)(C)Cc1ccnc(-c2[c-]cc3c(c2)oc2cc(-c4ccccc4)ccc23)c1.[CH3][Ge]([CH3])([CH3])[c]1cnc(-c2[c-]cccc2)cc1CC1CCCC1.[Ir]. The van der Waals surface area contributed by atoms with Gasteiger partial charge in [-0.1, -0.05) is 86.3 Å². The molecule has 7 aromatic rings. The Balaban J connectivity index is 0.000000187. The first-order chi connectivity index (χ1) is 25.0. The largest absolute Gasteiger partial charge is 0 e. The van der Waals surface area contributed by atoms with Gasteiger partial charge in [0.15, 0.2) is 0 Å². The van der Waals surface area contributed by atoms with Gasteiger partial charge in [0, 0.05) is 26.3 Å². The number of aromatic nitrogens is 2. The third kappa shape index (κ3) is 9.65. The zero-order valence-corrected chi connectivity index (χ0v) is 36.4. The quantitative estimate of drug-likeness (QED) is 0.118. The third-order valence-corrected chi connectivity index (χ3v) is 14.4. The van der Waals surface area contributed by atoms with Gasteiger partial charge >= 0.3 is 137 Å². The molecule has 0 bridgehead atoms. The minimum absolute atomic E-state index is 0. The van der Waals surface area contributed by atoms with E-state index < -0.39 is 13.3 Å². The maximum atomic E-state index is 6.24. The molecule has 3 nitrogen and oxygen atoms in total. The molecule has 3 heterocycles. The van der Waals surface area contributed by atoms with Gasteiger partial charge in [0.05, 0.1) is 5.58 Å². The molecule has 1 radical (unpaired) electrons. The molecule has 5 heteroatoms. The van der Waals surface area contributed by atoms with E-state index in [1.54, 1.807) is 9.96 Å². The van der Waals surface area contributed by atoms with E-state index in [1.807, 2.05) is 30.5 Å². The summed E-state index contributed by atoms with van der Waals surface area (Å²) in [5, 5.41) is 2.20. The van der Waals surface area contributed by atoms with Crippen molar-refractivity contribution in [2.75, 3.05) is 0 Å². The molecule has 1 aliphatic carbocycles. The van der Waals surface area contributed by atoms with Crippen LogP contribution in [0.15, 0.2) is 120 Å². The van der Waals surface area contributed by atoms with Crippen molar-refractivity contribution in [3.05, 3.63) is 139 Å². The van der Waals surface area contributed by atoms with E-state index in [4.69, 9.17) is 9.40 Å². The van der Waals surface area contributed by atoms with Gasteiger partial charge in [-0.2, -0.15) is 0 Å². The second kappa shape index (κ2) is 16.7. The molecule has 273 valence electrons. The summed E-state index contributed by atoms with van der Waals surface area (Å²) in [5.74, 6) is 8.31. The van der Waals surface area contributed by atoms with Gasteiger partial charge in [0.2, 0.25) is 0 Å². The fourth-order valence-corrected chi connectivity index (χ4v) is 10.9. The summed E-state index contributed by atoms with van der Waals surface area (Å²) in [4.78, 5) is 9.35. The van der Waals surface area contributed by atoms with Gasteiger partial charge in [0.1, 0.15) is 5.58 Å². The fourth-order valence-electron chi connectivity index (χ4n) is 7.58. The predicted molar refractivity (Wildman–Crippen MR) is 222 cm³/mol. The third-order valence-electron chi connectivity index (χ3n) is 10.1. The van der Waals surface area contributed by atoms with Crippen molar-refractivity contribution in [1.29, 1.82) is 0 Å². The summed E-state index contributed by atoms with van der Waals surface area (Å²) in [5.41, 5.74) is 11.3. The first-order valence-corrected chi connectivity index (χ1v) is 26.2. The van der Waals surface area contributed by atoms with Crippen LogP contribution in [0.4, 0.5) is 0 Å². The van der Waals surface area contributed by atoms with E-state index in [2.05, 4.69) is 140 Å².